The Bertz CT molecular complexity index is 866. The third-order valence-corrected chi connectivity index (χ3v) is 3.77. The Morgan fingerprint density at radius 3 is 1.89 bits per heavy atom. The highest BCUT2D eigenvalue weighted by Crippen LogP contribution is 2.32. The first-order chi connectivity index (χ1) is 13.2. The highest BCUT2D eigenvalue weighted by molar-refractivity contribution is 5.75. The fraction of sp³-hybridized carbons (Fsp3) is 0.136. The molecule has 0 spiro atoms. The molecule has 0 fully saturated rings. The van der Waals surface area contributed by atoms with Gasteiger partial charge in [0.1, 0.15) is 19.0 Å². The van der Waals surface area contributed by atoms with Crippen molar-refractivity contribution in [3.05, 3.63) is 90.0 Å². The standard InChI is InChI=1S/C22H21NO4/c23-22(24)16-27-20-12-11-19(25-14-17-7-3-1-4-8-17)13-21(20)26-15-18-9-5-2-6-10-18/h1-13H,14-16H2,(H2,23,24). The van der Waals surface area contributed by atoms with Gasteiger partial charge in [-0.3, -0.25) is 4.79 Å². The van der Waals surface area contributed by atoms with E-state index in [0.29, 0.717) is 30.5 Å². The number of benzene rings is 3. The molecule has 0 saturated carbocycles. The number of primary amides is 1. The van der Waals surface area contributed by atoms with E-state index in [4.69, 9.17) is 19.9 Å². The molecule has 3 aromatic rings. The molecule has 0 aliphatic carbocycles. The average molecular weight is 363 g/mol. The van der Waals surface area contributed by atoms with Crippen LogP contribution in [0.4, 0.5) is 0 Å². The highest BCUT2D eigenvalue weighted by Gasteiger charge is 2.10. The van der Waals surface area contributed by atoms with Crippen LogP contribution in [0.5, 0.6) is 17.2 Å². The smallest absolute Gasteiger partial charge is 0.255 e. The summed E-state index contributed by atoms with van der Waals surface area (Å²) in [5.74, 6) is 1.03. The van der Waals surface area contributed by atoms with Crippen molar-refractivity contribution >= 4 is 5.91 Å². The fourth-order valence-electron chi connectivity index (χ4n) is 2.44. The first-order valence-electron chi connectivity index (χ1n) is 8.59. The zero-order valence-electron chi connectivity index (χ0n) is 14.8. The zero-order chi connectivity index (χ0) is 18.9. The molecule has 3 rings (SSSR count). The Morgan fingerprint density at radius 2 is 1.30 bits per heavy atom. The minimum Gasteiger partial charge on any atom is -0.489 e. The topological polar surface area (TPSA) is 70.8 Å². The van der Waals surface area contributed by atoms with Crippen molar-refractivity contribution in [2.24, 2.45) is 5.73 Å². The molecular formula is C22H21NO4. The van der Waals surface area contributed by atoms with Gasteiger partial charge in [0.05, 0.1) is 0 Å². The molecular weight excluding hydrogens is 342 g/mol. The van der Waals surface area contributed by atoms with Crippen molar-refractivity contribution in [2.45, 2.75) is 13.2 Å². The van der Waals surface area contributed by atoms with Gasteiger partial charge in [0.25, 0.3) is 5.91 Å². The fourth-order valence-corrected chi connectivity index (χ4v) is 2.44. The Kier molecular flexibility index (Phi) is 6.30. The summed E-state index contributed by atoms with van der Waals surface area (Å²) in [7, 11) is 0. The summed E-state index contributed by atoms with van der Waals surface area (Å²) in [5, 5.41) is 0. The maximum atomic E-state index is 11.0. The molecule has 27 heavy (non-hydrogen) atoms. The number of amides is 1. The lowest BCUT2D eigenvalue weighted by Crippen LogP contribution is -2.20. The normalized spacial score (nSPS) is 10.2. The predicted molar refractivity (Wildman–Crippen MR) is 103 cm³/mol. The lowest BCUT2D eigenvalue weighted by Gasteiger charge is -2.14. The van der Waals surface area contributed by atoms with Gasteiger partial charge in [-0.15, -0.1) is 0 Å². The van der Waals surface area contributed by atoms with Crippen LogP contribution in [0.15, 0.2) is 78.9 Å². The van der Waals surface area contributed by atoms with Gasteiger partial charge in [-0.2, -0.15) is 0 Å². The third-order valence-electron chi connectivity index (χ3n) is 3.77. The van der Waals surface area contributed by atoms with Gasteiger partial charge in [-0.1, -0.05) is 60.7 Å². The molecule has 2 N–H and O–H groups in total. The zero-order valence-corrected chi connectivity index (χ0v) is 14.8. The van der Waals surface area contributed by atoms with E-state index in [0.717, 1.165) is 11.1 Å². The summed E-state index contributed by atoms with van der Waals surface area (Å²) in [6.45, 7) is 0.599. The lowest BCUT2D eigenvalue weighted by molar-refractivity contribution is -0.119. The quantitative estimate of drug-likeness (QED) is 0.629. The van der Waals surface area contributed by atoms with E-state index in [1.807, 2.05) is 60.7 Å². The summed E-state index contributed by atoms with van der Waals surface area (Å²) in [6, 6.07) is 24.9. The second-order valence-corrected chi connectivity index (χ2v) is 5.91. The first kappa shape index (κ1) is 18.3. The second-order valence-electron chi connectivity index (χ2n) is 5.91. The van der Waals surface area contributed by atoms with Crippen LogP contribution in [-0.2, 0) is 18.0 Å². The molecule has 0 aromatic heterocycles. The summed E-state index contributed by atoms with van der Waals surface area (Å²) in [4.78, 5) is 11.0. The van der Waals surface area contributed by atoms with E-state index in [1.54, 1.807) is 18.2 Å². The first-order valence-corrected chi connectivity index (χ1v) is 8.59. The number of carbonyl (C=O) groups excluding carboxylic acids is 1. The number of hydrogen-bond donors (Lipinski definition) is 1. The van der Waals surface area contributed by atoms with Crippen molar-refractivity contribution in [1.29, 1.82) is 0 Å². The Labute approximate surface area is 158 Å². The molecule has 0 saturated heterocycles. The number of carbonyl (C=O) groups is 1. The van der Waals surface area contributed by atoms with Crippen molar-refractivity contribution in [3.8, 4) is 17.2 Å². The van der Waals surface area contributed by atoms with Crippen LogP contribution in [0.2, 0.25) is 0 Å². The highest BCUT2D eigenvalue weighted by atomic mass is 16.5. The molecule has 138 valence electrons. The molecule has 0 atom stereocenters. The monoisotopic (exact) mass is 363 g/mol. The number of rotatable bonds is 9. The molecule has 3 aromatic carbocycles. The van der Waals surface area contributed by atoms with Crippen molar-refractivity contribution in [1.82, 2.24) is 0 Å². The second kappa shape index (κ2) is 9.29. The van der Waals surface area contributed by atoms with Crippen LogP contribution in [0.3, 0.4) is 0 Å². The number of ether oxygens (including phenoxy) is 3. The molecule has 5 nitrogen and oxygen atoms in total. The molecule has 0 aliphatic heterocycles. The molecule has 0 unspecified atom stereocenters. The van der Waals surface area contributed by atoms with Crippen molar-refractivity contribution in [3.63, 3.8) is 0 Å². The lowest BCUT2D eigenvalue weighted by atomic mass is 10.2. The van der Waals surface area contributed by atoms with Gasteiger partial charge in [0.2, 0.25) is 0 Å². The van der Waals surface area contributed by atoms with Crippen LogP contribution < -0.4 is 19.9 Å². The molecule has 0 bridgehead atoms. The number of nitrogens with two attached hydrogens (primary N) is 1. The van der Waals surface area contributed by atoms with Crippen LogP contribution in [0.1, 0.15) is 11.1 Å². The minimum atomic E-state index is -0.548. The molecule has 0 radical (unpaired) electrons. The van der Waals surface area contributed by atoms with Gasteiger partial charge in [-0.05, 0) is 23.3 Å². The van der Waals surface area contributed by atoms with E-state index < -0.39 is 5.91 Å². The van der Waals surface area contributed by atoms with Crippen LogP contribution >= 0.6 is 0 Å². The van der Waals surface area contributed by atoms with E-state index in [1.165, 1.54) is 0 Å². The summed E-state index contributed by atoms with van der Waals surface area (Å²) in [5.41, 5.74) is 7.26. The van der Waals surface area contributed by atoms with Gasteiger partial charge < -0.3 is 19.9 Å². The Balaban J connectivity index is 1.72. The SMILES string of the molecule is NC(=O)COc1ccc(OCc2ccccc2)cc1OCc1ccccc1. The Morgan fingerprint density at radius 1 is 0.704 bits per heavy atom. The van der Waals surface area contributed by atoms with Crippen LogP contribution in [0, 0.1) is 0 Å². The molecule has 1 amide bonds. The molecule has 0 heterocycles. The maximum absolute atomic E-state index is 11.0. The van der Waals surface area contributed by atoms with E-state index in [9.17, 15) is 4.79 Å². The minimum absolute atomic E-state index is 0.216. The van der Waals surface area contributed by atoms with Crippen molar-refractivity contribution in [2.75, 3.05) is 6.61 Å². The van der Waals surface area contributed by atoms with E-state index in [-0.39, 0.29) is 6.61 Å². The summed E-state index contributed by atoms with van der Waals surface area (Å²) < 4.78 is 17.2. The predicted octanol–water partition coefficient (Wildman–Crippen LogP) is 3.71. The van der Waals surface area contributed by atoms with Crippen LogP contribution in [-0.4, -0.2) is 12.5 Å². The van der Waals surface area contributed by atoms with Crippen molar-refractivity contribution < 1.29 is 19.0 Å². The molecule has 5 heteroatoms. The summed E-state index contributed by atoms with van der Waals surface area (Å²) in [6.07, 6.45) is 0. The Hall–Kier alpha value is -3.47. The van der Waals surface area contributed by atoms with Gasteiger partial charge >= 0.3 is 0 Å². The van der Waals surface area contributed by atoms with Gasteiger partial charge in [-0.25, -0.2) is 0 Å². The average Bonchev–Trinajstić information content (AvgIpc) is 2.71. The summed E-state index contributed by atoms with van der Waals surface area (Å²) >= 11 is 0. The van der Waals surface area contributed by atoms with E-state index >= 15 is 0 Å². The van der Waals surface area contributed by atoms with Crippen LogP contribution in [0.25, 0.3) is 0 Å². The van der Waals surface area contributed by atoms with Gasteiger partial charge in [0, 0.05) is 6.07 Å². The maximum Gasteiger partial charge on any atom is 0.255 e. The molecule has 0 aliphatic rings. The van der Waals surface area contributed by atoms with E-state index in [2.05, 4.69) is 0 Å². The largest absolute Gasteiger partial charge is 0.489 e. The third kappa shape index (κ3) is 5.78. The van der Waals surface area contributed by atoms with Gasteiger partial charge in [0.15, 0.2) is 18.1 Å². The number of hydrogen-bond acceptors (Lipinski definition) is 4.